The molecule has 0 bridgehead atoms. The van der Waals surface area contributed by atoms with Gasteiger partial charge in [-0.05, 0) is 38.2 Å². The molecular weight excluding hydrogens is 344 g/mol. The summed E-state index contributed by atoms with van der Waals surface area (Å²) in [5.41, 5.74) is 2.34. The Kier molecular flexibility index (Phi) is 6.12. The number of pyridine rings is 1. The number of rotatable bonds is 9. The Labute approximate surface area is 147 Å². The van der Waals surface area contributed by atoms with Crippen LogP contribution in [0.5, 0.6) is 0 Å². The number of aromatic amines is 1. The summed E-state index contributed by atoms with van der Waals surface area (Å²) in [4.78, 5) is 23.0. The highest BCUT2D eigenvalue weighted by Gasteiger charge is 2.24. The van der Waals surface area contributed by atoms with Crippen LogP contribution in [-0.4, -0.2) is 46.2 Å². The van der Waals surface area contributed by atoms with Gasteiger partial charge in [0.25, 0.3) is 0 Å². The van der Waals surface area contributed by atoms with Gasteiger partial charge in [-0.1, -0.05) is 13.8 Å². The Hall–Kier alpha value is -2.00. The molecule has 0 fully saturated rings. The fraction of sp³-hybridized carbons (Fsp3) is 0.562. The van der Waals surface area contributed by atoms with Crippen molar-refractivity contribution in [3.63, 3.8) is 0 Å². The lowest BCUT2D eigenvalue weighted by molar-refractivity contribution is -0.139. The van der Waals surface area contributed by atoms with Crippen LogP contribution in [-0.2, 0) is 21.2 Å². The average molecular weight is 368 g/mol. The van der Waals surface area contributed by atoms with E-state index in [1.165, 1.54) is 0 Å². The summed E-state index contributed by atoms with van der Waals surface area (Å²) in [5.74, 6) is -0.461. The minimum Gasteiger partial charge on any atom is -0.480 e. The van der Waals surface area contributed by atoms with Gasteiger partial charge in [0.05, 0.1) is 17.0 Å². The molecule has 25 heavy (non-hydrogen) atoms. The molecule has 2 aromatic rings. The lowest BCUT2D eigenvalue weighted by Gasteiger charge is -2.16. The van der Waals surface area contributed by atoms with Gasteiger partial charge >= 0.3 is 5.97 Å². The molecule has 0 aliphatic rings. The Morgan fingerprint density at radius 1 is 1.40 bits per heavy atom. The van der Waals surface area contributed by atoms with Crippen molar-refractivity contribution in [1.82, 2.24) is 19.7 Å². The van der Waals surface area contributed by atoms with E-state index in [4.69, 9.17) is 5.11 Å². The molecule has 0 spiro atoms. The molecule has 0 aromatic carbocycles. The highest BCUT2D eigenvalue weighted by Crippen LogP contribution is 2.16. The number of nitrogens with zero attached hydrogens (tertiary/aromatic N) is 2. The summed E-state index contributed by atoms with van der Waals surface area (Å²) in [6.07, 6.45) is 2.69. The van der Waals surface area contributed by atoms with Crippen molar-refractivity contribution >= 4 is 27.0 Å². The molecule has 0 saturated carbocycles. The van der Waals surface area contributed by atoms with Crippen LogP contribution >= 0.6 is 0 Å². The summed E-state index contributed by atoms with van der Waals surface area (Å²) in [6, 6.07) is 0.723. The largest absolute Gasteiger partial charge is 0.480 e. The van der Waals surface area contributed by atoms with Crippen molar-refractivity contribution in [2.24, 2.45) is 5.92 Å². The van der Waals surface area contributed by atoms with Crippen molar-refractivity contribution in [2.75, 3.05) is 5.75 Å². The number of sulfonamides is 1. The minimum atomic E-state index is -3.68. The molecule has 0 amide bonds. The smallest absolute Gasteiger partial charge is 0.321 e. The Morgan fingerprint density at radius 3 is 2.76 bits per heavy atom. The van der Waals surface area contributed by atoms with Gasteiger partial charge in [-0.25, -0.2) is 18.1 Å². The van der Waals surface area contributed by atoms with Crippen LogP contribution in [0.25, 0.3) is 11.0 Å². The molecule has 0 aliphatic carbocycles. The third-order valence-corrected chi connectivity index (χ3v) is 5.22. The predicted octanol–water partition coefficient (Wildman–Crippen LogP) is 1.62. The minimum absolute atomic E-state index is 0.0773. The van der Waals surface area contributed by atoms with Gasteiger partial charge in [-0.2, -0.15) is 0 Å². The number of carboxylic acids is 1. The van der Waals surface area contributed by atoms with E-state index in [0.29, 0.717) is 12.8 Å². The van der Waals surface area contributed by atoms with E-state index >= 15 is 0 Å². The number of aliphatic carboxylic acids is 1. The van der Waals surface area contributed by atoms with Crippen molar-refractivity contribution in [2.45, 2.75) is 46.1 Å². The first-order valence-corrected chi connectivity index (χ1v) is 9.86. The molecule has 0 radical (unpaired) electrons. The fourth-order valence-electron chi connectivity index (χ4n) is 2.67. The fourth-order valence-corrected chi connectivity index (χ4v) is 3.95. The summed E-state index contributed by atoms with van der Waals surface area (Å²) in [7, 11) is -3.68. The van der Waals surface area contributed by atoms with Gasteiger partial charge in [0.2, 0.25) is 10.0 Å². The Balaban J connectivity index is 1.98. The molecule has 2 rings (SSSR count). The molecule has 2 heterocycles. The van der Waals surface area contributed by atoms with E-state index in [0.717, 1.165) is 22.6 Å². The number of carbonyl (C=O) groups is 1. The van der Waals surface area contributed by atoms with E-state index in [-0.39, 0.29) is 18.1 Å². The molecule has 0 aliphatic heterocycles. The third-order valence-electron chi connectivity index (χ3n) is 3.75. The van der Waals surface area contributed by atoms with Gasteiger partial charge in [0.1, 0.15) is 17.4 Å². The molecule has 2 aromatic heterocycles. The topological polar surface area (TPSA) is 125 Å². The number of imidazole rings is 1. The zero-order valence-corrected chi connectivity index (χ0v) is 15.4. The molecule has 0 unspecified atom stereocenters. The van der Waals surface area contributed by atoms with Crippen molar-refractivity contribution in [3.8, 4) is 0 Å². The number of H-pyrrole nitrogens is 1. The second kappa shape index (κ2) is 7.92. The number of aryl methyl sites for hydroxylation is 2. The average Bonchev–Trinajstić information content (AvgIpc) is 2.86. The number of hydrogen-bond acceptors (Lipinski definition) is 5. The summed E-state index contributed by atoms with van der Waals surface area (Å²) >= 11 is 0. The van der Waals surface area contributed by atoms with Gasteiger partial charge in [0, 0.05) is 6.20 Å². The maximum absolute atomic E-state index is 12.2. The summed E-state index contributed by atoms with van der Waals surface area (Å²) < 4.78 is 26.6. The third kappa shape index (κ3) is 5.50. The normalized spacial score (nSPS) is 13.4. The SMILES string of the molecule is Cc1nc2c(CCCS(=O)(=O)N[C@@H](CC(C)C)C(=O)O)nccc2[nH]1. The number of hydrogen-bond donors (Lipinski definition) is 3. The van der Waals surface area contributed by atoms with Crippen LogP contribution in [0.15, 0.2) is 12.3 Å². The second-order valence-corrected chi connectivity index (χ2v) is 8.41. The van der Waals surface area contributed by atoms with Crippen LogP contribution in [0.1, 0.15) is 38.2 Å². The second-order valence-electron chi connectivity index (χ2n) is 6.54. The first-order valence-electron chi connectivity index (χ1n) is 8.21. The number of nitrogens with one attached hydrogen (secondary N) is 2. The van der Waals surface area contributed by atoms with Gasteiger partial charge in [-0.3, -0.25) is 9.78 Å². The zero-order valence-electron chi connectivity index (χ0n) is 14.6. The van der Waals surface area contributed by atoms with Crippen molar-refractivity contribution in [3.05, 3.63) is 23.8 Å². The first kappa shape index (κ1) is 19.3. The maximum atomic E-state index is 12.2. The number of aromatic nitrogens is 3. The van der Waals surface area contributed by atoms with Gasteiger partial charge in [0.15, 0.2) is 0 Å². The van der Waals surface area contributed by atoms with E-state index in [2.05, 4.69) is 19.7 Å². The monoisotopic (exact) mass is 368 g/mol. The Morgan fingerprint density at radius 2 is 2.12 bits per heavy atom. The first-order chi connectivity index (χ1) is 11.7. The van der Waals surface area contributed by atoms with E-state index in [9.17, 15) is 13.2 Å². The van der Waals surface area contributed by atoms with Crippen LogP contribution < -0.4 is 4.72 Å². The predicted molar refractivity (Wildman–Crippen MR) is 94.7 cm³/mol. The van der Waals surface area contributed by atoms with Crippen molar-refractivity contribution < 1.29 is 18.3 Å². The number of fused-ring (bicyclic) bond motifs is 1. The number of carboxylic acid groups (broad SMARTS) is 1. The highest BCUT2D eigenvalue weighted by molar-refractivity contribution is 7.89. The van der Waals surface area contributed by atoms with E-state index in [1.807, 2.05) is 26.8 Å². The lowest BCUT2D eigenvalue weighted by Crippen LogP contribution is -2.42. The molecule has 3 N–H and O–H groups in total. The molecular formula is C16H24N4O4S. The van der Waals surface area contributed by atoms with Gasteiger partial charge in [-0.15, -0.1) is 0 Å². The van der Waals surface area contributed by atoms with E-state index < -0.39 is 22.0 Å². The molecule has 9 heteroatoms. The summed E-state index contributed by atoms with van der Waals surface area (Å²) in [6.45, 7) is 5.55. The molecule has 138 valence electrons. The van der Waals surface area contributed by atoms with E-state index in [1.54, 1.807) is 6.20 Å². The van der Waals surface area contributed by atoms with Crippen LogP contribution in [0.2, 0.25) is 0 Å². The summed E-state index contributed by atoms with van der Waals surface area (Å²) in [5, 5.41) is 9.16. The highest BCUT2D eigenvalue weighted by atomic mass is 32.2. The quantitative estimate of drug-likeness (QED) is 0.617. The van der Waals surface area contributed by atoms with Crippen LogP contribution in [0.4, 0.5) is 0 Å². The molecule has 1 atom stereocenters. The van der Waals surface area contributed by atoms with Crippen LogP contribution in [0.3, 0.4) is 0 Å². The van der Waals surface area contributed by atoms with Crippen molar-refractivity contribution in [1.29, 1.82) is 0 Å². The molecule has 8 nitrogen and oxygen atoms in total. The Bertz CT molecular complexity index is 845. The van der Waals surface area contributed by atoms with Gasteiger partial charge < -0.3 is 10.1 Å². The zero-order chi connectivity index (χ0) is 18.6. The maximum Gasteiger partial charge on any atom is 0.321 e. The molecule has 0 saturated heterocycles. The lowest BCUT2D eigenvalue weighted by atomic mass is 10.1. The standard InChI is InChI=1S/C16H24N4O4S/c1-10(2)9-14(16(21)22)20-25(23,24)8-4-5-12-15-13(6-7-17-12)18-11(3)19-15/h6-7,10,14,20H,4-5,8-9H2,1-3H3,(H,18,19)(H,21,22)/t14-/m0/s1. The van der Waals surface area contributed by atoms with Crippen LogP contribution in [0, 0.1) is 12.8 Å².